The molecule has 2 aliphatic rings. The van der Waals surface area contributed by atoms with Gasteiger partial charge in [0.1, 0.15) is 0 Å². The van der Waals surface area contributed by atoms with Crippen LogP contribution < -0.4 is 0 Å². The summed E-state index contributed by atoms with van der Waals surface area (Å²) in [5, 5.41) is 0. The summed E-state index contributed by atoms with van der Waals surface area (Å²) in [7, 11) is 0. The molecule has 0 aromatic rings. The summed E-state index contributed by atoms with van der Waals surface area (Å²) < 4.78 is -1.97. The van der Waals surface area contributed by atoms with Gasteiger partial charge in [0, 0.05) is 0 Å². The van der Waals surface area contributed by atoms with E-state index >= 15 is 0 Å². The lowest BCUT2D eigenvalue weighted by molar-refractivity contribution is 0.528. The normalized spacial score (nSPS) is 36.8. The Labute approximate surface area is 186 Å². The van der Waals surface area contributed by atoms with Crippen LogP contribution in [0.1, 0.15) is 27.7 Å². The van der Waals surface area contributed by atoms with Crippen LogP contribution in [0.4, 0.5) is 0 Å². The molecule has 129 valence electrons. The standard InChI is InChI=1S/C14H17Br4Cl4/c1-11(2)5(7(11)9(15)13(17,19)20)6-8(12(6,3)4)10(16)14(18,21)22/h5,7-10H,1-4H3/t5-,7?,8+,9?,10+/m0/s1. The second-order valence-corrected chi connectivity index (χ2v) is 16.4. The van der Waals surface area contributed by atoms with Crippen molar-refractivity contribution in [2.45, 2.75) is 43.8 Å². The molecule has 0 spiro atoms. The van der Waals surface area contributed by atoms with E-state index in [-0.39, 0.29) is 20.5 Å². The van der Waals surface area contributed by atoms with Crippen LogP contribution in [-0.4, -0.2) is 16.1 Å². The summed E-state index contributed by atoms with van der Waals surface area (Å²) in [6.07, 6.45) is 0. The topological polar surface area (TPSA) is 0 Å². The fraction of sp³-hybridized carbons (Fsp3) is 0.929. The highest BCUT2D eigenvalue weighted by molar-refractivity contribution is 9.13. The van der Waals surface area contributed by atoms with E-state index in [2.05, 4.69) is 91.4 Å². The van der Waals surface area contributed by atoms with Gasteiger partial charge in [-0.05, 0) is 66.4 Å². The second kappa shape index (κ2) is 6.31. The Bertz CT molecular complexity index is 413. The molecule has 0 aromatic carbocycles. The van der Waals surface area contributed by atoms with E-state index in [9.17, 15) is 0 Å². The molecule has 0 N–H and O–H groups in total. The van der Waals surface area contributed by atoms with Crippen LogP contribution in [0.2, 0.25) is 0 Å². The zero-order chi connectivity index (χ0) is 17.5. The molecule has 0 amide bonds. The molecular weight excluding hydrogens is 630 g/mol. The lowest BCUT2D eigenvalue weighted by Gasteiger charge is -2.20. The predicted octanol–water partition coefficient (Wildman–Crippen LogP) is 8.07. The van der Waals surface area contributed by atoms with Crippen molar-refractivity contribution >= 4 is 110 Å². The summed E-state index contributed by atoms with van der Waals surface area (Å²) in [6.45, 7) is 9.00. The van der Waals surface area contributed by atoms with Crippen molar-refractivity contribution in [3.8, 4) is 0 Å². The van der Waals surface area contributed by atoms with Crippen molar-refractivity contribution in [3.05, 3.63) is 5.92 Å². The molecular formula is C14H17Br4Cl4. The molecule has 2 rings (SSSR count). The maximum Gasteiger partial charge on any atom is 0.184 e. The second-order valence-electron chi connectivity index (χ2n) is 7.37. The molecule has 2 unspecified atom stereocenters. The quantitative estimate of drug-likeness (QED) is 0.265. The van der Waals surface area contributed by atoms with Gasteiger partial charge in [-0.3, -0.25) is 0 Å². The molecule has 0 aliphatic heterocycles. The fourth-order valence-electron chi connectivity index (χ4n) is 3.94. The molecule has 2 fully saturated rings. The van der Waals surface area contributed by atoms with E-state index in [0.29, 0.717) is 17.8 Å². The Morgan fingerprint density at radius 3 is 1.68 bits per heavy atom. The third kappa shape index (κ3) is 3.71. The van der Waals surface area contributed by atoms with E-state index in [1.807, 2.05) is 0 Å². The van der Waals surface area contributed by atoms with E-state index in [1.165, 1.54) is 5.92 Å². The van der Waals surface area contributed by atoms with Crippen LogP contribution in [0.15, 0.2) is 0 Å². The molecule has 0 heterocycles. The first kappa shape index (κ1) is 21.4. The maximum absolute atomic E-state index is 6.25. The molecule has 2 saturated carbocycles. The lowest BCUT2D eigenvalue weighted by atomic mass is 10.0. The van der Waals surface area contributed by atoms with Crippen molar-refractivity contribution in [3.63, 3.8) is 0 Å². The van der Waals surface area contributed by atoms with Crippen LogP contribution in [0.3, 0.4) is 0 Å². The molecule has 0 bridgehead atoms. The summed E-state index contributed by atoms with van der Waals surface area (Å²) in [6, 6.07) is 0. The Morgan fingerprint density at radius 1 is 0.909 bits per heavy atom. The van der Waals surface area contributed by atoms with Gasteiger partial charge in [0.05, 0.1) is 9.65 Å². The number of alkyl halides is 8. The molecule has 0 saturated heterocycles. The van der Waals surface area contributed by atoms with Crippen molar-refractivity contribution in [1.29, 1.82) is 0 Å². The average Bonchev–Trinajstić information content (AvgIpc) is 3.03. The zero-order valence-electron chi connectivity index (χ0n) is 12.4. The third-order valence-corrected chi connectivity index (χ3v) is 11.9. The molecule has 0 nitrogen and oxygen atoms in total. The summed E-state index contributed by atoms with van der Waals surface area (Å²) in [5.74, 6) is 2.60. The molecule has 22 heavy (non-hydrogen) atoms. The predicted molar refractivity (Wildman–Crippen MR) is 113 cm³/mol. The van der Waals surface area contributed by atoms with Gasteiger partial charge in [-0.25, -0.2) is 0 Å². The van der Waals surface area contributed by atoms with E-state index in [1.54, 1.807) is 0 Å². The van der Waals surface area contributed by atoms with E-state index < -0.39 is 6.49 Å². The van der Waals surface area contributed by atoms with Crippen molar-refractivity contribution < 1.29 is 0 Å². The van der Waals surface area contributed by atoms with E-state index in [4.69, 9.17) is 46.4 Å². The van der Waals surface area contributed by atoms with Crippen LogP contribution in [0, 0.1) is 34.5 Å². The van der Waals surface area contributed by atoms with Gasteiger partial charge in [-0.2, -0.15) is 0 Å². The van der Waals surface area contributed by atoms with Crippen LogP contribution >= 0.6 is 110 Å². The largest absolute Gasteiger partial charge is 0.184 e. The highest BCUT2D eigenvalue weighted by Crippen LogP contribution is 2.81. The molecule has 2 aliphatic carbocycles. The average molecular weight is 647 g/mol. The number of rotatable bonds is 5. The first-order valence-corrected chi connectivity index (χ1v) is 11.8. The summed E-state index contributed by atoms with van der Waals surface area (Å²) in [4.78, 5) is -0.0951. The lowest BCUT2D eigenvalue weighted by Crippen LogP contribution is -2.23. The van der Waals surface area contributed by atoms with Crippen molar-refractivity contribution in [2.24, 2.45) is 28.6 Å². The van der Waals surface area contributed by atoms with Crippen LogP contribution in [0.5, 0.6) is 0 Å². The van der Waals surface area contributed by atoms with Gasteiger partial charge in [-0.15, -0.1) is 0 Å². The van der Waals surface area contributed by atoms with Gasteiger partial charge in [0.2, 0.25) is 0 Å². The van der Waals surface area contributed by atoms with Gasteiger partial charge in [0.25, 0.3) is 0 Å². The van der Waals surface area contributed by atoms with Gasteiger partial charge in [0.15, 0.2) is 6.49 Å². The Hall–Kier alpha value is 3.08. The van der Waals surface area contributed by atoms with Gasteiger partial charge < -0.3 is 0 Å². The summed E-state index contributed by atoms with van der Waals surface area (Å²) in [5.41, 5.74) is 0.229. The molecule has 0 aromatic heterocycles. The molecule has 8 heteroatoms. The Balaban J connectivity index is 2.20. The Morgan fingerprint density at radius 2 is 1.32 bits per heavy atom. The van der Waals surface area contributed by atoms with Crippen molar-refractivity contribution in [1.82, 2.24) is 0 Å². The molecule has 1 radical (unpaired) electrons. The minimum Gasteiger partial charge on any atom is -0.0875 e. The van der Waals surface area contributed by atoms with Crippen molar-refractivity contribution in [2.75, 3.05) is 0 Å². The third-order valence-electron chi connectivity index (χ3n) is 5.25. The minimum atomic E-state index is -0.989. The highest BCUT2D eigenvalue weighted by atomic mass is 79.9. The smallest absolute Gasteiger partial charge is 0.0875 e. The number of hydrogen-bond donors (Lipinski definition) is 0. The summed E-state index contributed by atoms with van der Waals surface area (Å²) >= 11 is 39.0. The van der Waals surface area contributed by atoms with Crippen LogP contribution in [-0.2, 0) is 0 Å². The SMILES string of the molecule is CC1(C)[C]([C@H]2C(C(Br)C(Cl)(Cl)Br)C2(C)C)[C@@H]1[C@@H](Br)C(Cl)(Cl)Br. The fourth-order valence-corrected chi connectivity index (χ4v) is 6.95. The minimum absolute atomic E-state index is 0.0395. The zero-order valence-corrected chi connectivity index (χ0v) is 21.8. The van der Waals surface area contributed by atoms with Gasteiger partial charge in [-0.1, -0.05) is 106 Å². The van der Waals surface area contributed by atoms with Crippen LogP contribution in [0.25, 0.3) is 0 Å². The molecule has 5 atom stereocenters. The number of hydrogen-bond acceptors (Lipinski definition) is 0. The monoisotopic (exact) mass is 641 g/mol. The first-order valence-electron chi connectivity index (χ1n) is 6.84. The number of halogens is 8. The van der Waals surface area contributed by atoms with Gasteiger partial charge >= 0.3 is 0 Å². The first-order chi connectivity index (χ1) is 9.55. The maximum atomic E-state index is 6.25. The Kier molecular flexibility index (Phi) is 6.13. The highest BCUT2D eigenvalue weighted by Gasteiger charge is 2.77. The van der Waals surface area contributed by atoms with E-state index in [0.717, 1.165) is 0 Å².